The maximum absolute atomic E-state index is 11.5. The molecule has 2 rings (SSSR count). The van der Waals surface area contributed by atoms with Crippen molar-refractivity contribution in [2.45, 2.75) is 13.0 Å². The summed E-state index contributed by atoms with van der Waals surface area (Å²) in [6.45, 7) is 0.751. The van der Waals surface area contributed by atoms with Crippen LogP contribution in [-0.4, -0.2) is 23.9 Å². The molecule has 23 heavy (non-hydrogen) atoms. The quantitative estimate of drug-likeness (QED) is 0.630. The van der Waals surface area contributed by atoms with Crippen LogP contribution in [0.5, 0.6) is 0 Å². The Balaban J connectivity index is 1.63. The smallest absolute Gasteiger partial charge is 0.407 e. The Hall–Kier alpha value is -2.95. The van der Waals surface area contributed by atoms with Crippen molar-refractivity contribution in [1.82, 2.24) is 10.3 Å². The van der Waals surface area contributed by atoms with Crippen molar-refractivity contribution in [2.24, 2.45) is 0 Å². The van der Waals surface area contributed by atoms with Crippen LogP contribution >= 0.6 is 0 Å². The first-order chi connectivity index (χ1) is 11.3. The lowest BCUT2D eigenvalue weighted by Gasteiger charge is -2.05. The summed E-state index contributed by atoms with van der Waals surface area (Å²) in [5.41, 5.74) is 2.26. The zero-order chi connectivity index (χ0) is 16.3. The number of carbonyl (C=O) groups is 2. The predicted octanol–water partition coefficient (Wildman–Crippen LogP) is 3.22. The van der Waals surface area contributed by atoms with Gasteiger partial charge in [0, 0.05) is 12.7 Å². The minimum absolute atomic E-state index is 0.261. The minimum Gasteiger partial charge on any atom is -0.445 e. The van der Waals surface area contributed by atoms with Crippen molar-refractivity contribution in [3.05, 3.63) is 71.6 Å². The summed E-state index contributed by atoms with van der Waals surface area (Å²) in [5, 5.41) is 2.68. The van der Waals surface area contributed by atoms with Gasteiger partial charge in [0.25, 0.3) is 0 Å². The number of rotatable bonds is 7. The van der Waals surface area contributed by atoms with Gasteiger partial charge in [0.2, 0.25) is 0 Å². The van der Waals surface area contributed by atoms with E-state index in [2.05, 4.69) is 10.3 Å². The van der Waals surface area contributed by atoms with Gasteiger partial charge < -0.3 is 10.1 Å². The van der Waals surface area contributed by atoms with E-state index in [0.29, 0.717) is 24.9 Å². The van der Waals surface area contributed by atoms with E-state index < -0.39 is 6.09 Å². The summed E-state index contributed by atoms with van der Waals surface area (Å²) in [5.74, 6) is 0. The van der Waals surface area contributed by atoms with E-state index in [-0.39, 0.29) is 6.61 Å². The number of aromatic nitrogens is 1. The molecule has 0 saturated heterocycles. The van der Waals surface area contributed by atoms with Gasteiger partial charge in [0.1, 0.15) is 12.3 Å². The fraction of sp³-hybridized carbons (Fsp3) is 0.167. The highest BCUT2D eigenvalue weighted by Crippen LogP contribution is 2.02. The van der Waals surface area contributed by atoms with Crippen molar-refractivity contribution < 1.29 is 14.3 Å². The van der Waals surface area contributed by atoms with Crippen molar-refractivity contribution in [3.63, 3.8) is 0 Å². The molecular formula is C18H18N2O3. The highest BCUT2D eigenvalue weighted by molar-refractivity contribution is 5.72. The molecule has 1 aromatic carbocycles. The van der Waals surface area contributed by atoms with Crippen LogP contribution < -0.4 is 5.32 Å². The second-order valence-corrected chi connectivity index (χ2v) is 4.81. The number of amides is 1. The number of nitrogens with zero attached hydrogens (tertiary/aromatic N) is 1. The lowest BCUT2D eigenvalue weighted by atomic mass is 10.2. The Labute approximate surface area is 135 Å². The fourth-order valence-corrected chi connectivity index (χ4v) is 1.84. The molecule has 0 unspecified atom stereocenters. The van der Waals surface area contributed by atoms with Crippen LogP contribution in [0.2, 0.25) is 0 Å². The van der Waals surface area contributed by atoms with Gasteiger partial charge >= 0.3 is 6.09 Å². The van der Waals surface area contributed by atoms with Crippen LogP contribution in [-0.2, 0) is 11.3 Å². The van der Waals surface area contributed by atoms with E-state index in [1.165, 1.54) is 0 Å². The molecule has 0 spiro atoms. The topological polar surface area (TPSA) is 68.3 Å². The zero-order valence-electron chi connectivity index (χ0n) is 12.6. The van der Waals surface area contributed by atoms with Gasteiger partial charge in [-0.2, -0.15) is 0 Å². The number of pyridine rings is 1. The number of aldehydes is 1. The predicted molar refractivity (Wildman–Crippen MR) is 87.9 cm³/mol. The molecule has 5 heteroatoms. The second kappa shape index (κ2) is 9.15. The van der Waals surface area contributed by atoms with Crippen molar-refractivity contribution >= 4 is 18.5 Å². The first-order valence-corrected chi connectivity index (χ1v) is 7.30. The van der Waals surface area contributed by atoms with E-state index in [1.54, 1.807) is 12.3 Å². The molecule has 0 fully saturated rings. The average Bonchev–Trinajstić information content (AvgIpc) is 2.61. The van der Waals surface area contributed by atoms with Gasteiger partial charge in [0.05, 0.1) is 0 Å². The summed E-state index contributed by atoms with van der Waals surface area (Å²) in [7, 11) is 0. The summed E-state index contributed by atoms with van der Waals surface area (Å²) in [6.07, 6.45) is 6.39. The molecular weight excluding hydrogens is 292 g/mol. The third-order valence-corrected chi connectivity index (χ3v) is 3.03. The fourth-order valence-electron chi connectivity index (χ4n) is 1.84. The molecule has 0 radical (unpaired) electrons. The van der Waals surface area contributed by atoms with Crippen LogP contribution in [0.15, 0.2) is 54.7 Å². The van der Waals surface area contributed by atoms with Crippen LogP contribution in [0.25, 0.3) is 6.08 Å². The average molecular weight is 310 g/mol. The highest BCUT2D eigenvalue weighted by atomic mass is 16.5. The van der Waals surface area contributed by atoms with Gasteiger partial charge in [-0.05, 0) is 23.6 Å². The van der Waals surface area contributed by atoms with Crippen LogP contribution in [0.1, 0.15) is 28.0 Å². The monoisotopic (exact) mass is 310 g/mol. The number of ether oxygens (including phenoxy) is 1. The van der Waals surface area contributed by atoms with Gasteiger partial charge in [-0.15, -0.1) is 0 Å². The van der Waals surface area contributed by atoms with Crippen molar-refractivity contribution in [2.75, 3.05) is 6.54 Å². The Bertz CT molecular complexity index is 652. The van der Waals surface area contributed by atoms with Gasteiger partial charge in [0.15, 0.2) is 6.29 Å². The standard InChI is InChI=1S/C18H18N2O3/c21-13-17-10-9-15(12-20-17)6-4-5-11-19-18(22)23-14-16-7-2-1-3-8-16/h1-4,6-10,12-13H,5,11,14H2,(H,19,22). The third-order valence-electron chi connectivity index (χ3n) is 3.03. The van der Waals surface area contributed by atoms with E-state index in [0.717, 1.165) is 11.1 Å². The van der Waals surface area contributed by atoms with E-state index in [1.807, 2.05) is 48.6 Å². The molecule has 0 aliphatic carbocycles. The molecule has 1 amide bonds. The molecule has 0 aliphatic heterocycles. The zero-order valence-corrected chi connectivity index (χ0v) is 12.6. The number of benzene rings is 1. The third kappa shape index (κ3) is 6.13. The maximum atomic E-state index is 11.5. The molecule has 0 atom stereocenters. The van der Waals surface area contributed by atoms with E-state index in [9.17, 15) is 9.59 Å². The van der Waals surface area contributed by atoms with Crippen molar-refractivity contribution in [3.8, 4) is 0 Å². The summed E-state index contributed by atoms with van der Waals surface area (Å²) < 4.78 is 5.10. The Kier molecular flexibility index (Phi) is 6.53. The Morgan fingerprint density at radius 1 is 1.17 bits per heavy atom. The number of alkyl carbamates (subject to hydrolysis) is 1. The van der Waals surface area contributed by atoms with E-state index >= 15 is 0 Å². The lowest BCUT2D eigenvalue weighted by molar-refractivity contribution is 0.111. The van der Waals surface area contributed by atoms with Crippen molar-refractivity contribution in [1.29, 1.82) is 0 Å². The normalized spacial score (nSPS) is 10.4. The molecule has 118 valence electrons. The SMILES string of the molecule is O=Cc1ccc(C=CCCNC(=O)OCc2ccccc2)cn1. The second-order valence-electron chi connectivity index (χ2n) is 4.81. The largest absolute Gasteiger partial charge is 0.445 e. The molecule has 0 bridgehead atoms. The van der Waals surface area contributed by atoms with E-state index in [4.69, 9.17) is 4.74 Å². The molecule has 5 nitrogen and oxygen atoms in total. The molecule has 1 heterocycles. The molecule has 1 aromatic heterocycles. The number of carbonyl (C=O) groups excluding carboxylic acids is 2. The molecule has 1 N–H and O–H groups in total. The number of hydrogen-bond donors (Lipinski definition) is 1. The summed E-state index contributed by atoms with van der Waals surface area (Å²) in [4.78, 5) is 26.0. The van der Waals surface area contributed by atoms with Gasteiger partial charge in [-0.25, -0.2) is 4.79 Å². The molecule has 0 aliphatic rings. The minimum atomic E-state index is -0.431. The van der Waals surface area contributed by atoms with Crippen LogP contribution in [0.3, 0.4) is 0 Å². The van der Waals surface area contributed by atoms with Gasteiger partial charge in [-0.3, -0.25) is 9.78 Å². The Morgan fingerprint density at radius 2 is 2.00 bits per heavy atom. The molecule has 0 saturated carbocycles. The number of hydrogen-bond acceptors (Lipinski definition) is 4. The van der Waals surface area contributed by atoms with Gasteiger partial charge in [-0.1, -0.05) is 48.6 Å². The summed E-state index contributed by atoms with van der Waals surface area (Å²) in [6, 6.07) is 13.0. The van der Waals surface area contributed by atoms with Crippen LogP contribution in [0.4, 0.5) is 4.79 Å². The number of nitrogens with one attached hydrogen (secondary N) is 1. The van der Waals surface area contributed by atoms with Crippen LogP contribution in [0, 0.1) is 0 Å². The summed E-state index contributed by atoms with van der Waals surface area (Å²) >= 11 is 0. The first kappa shape index (κ1) is 16.4. The molecule has 2 aromatic rings. The highest BCUT2D eigenvalue weighted by Gasteiger charge is 2.00. The first-order valence-electron chi connectivity index (χ1n) is 7.30. The Morgan fingerprint density at radius 3 is 2.70 bits per heavy atom. The lowest BCUT2D eigenvalue weighted by Crippen LogP contribution is -2.24. The maximum Gasteiger partial charge on any atom is 0.407 e.